The quantitative estimate of drug-likeness (QED) is 0.851. The summed E-state index contributed by atoms with van der Waals surface area (Å²) < 4.78 is 3.08. The van der Waals surface area contributed by atoms with Gasteiger partial charge in [-0.25, -0.2) is 0 Å². The van der Waals surface area contributed by atoms with E-state index < -0.39 is 0 Å². The summed E-state index contributed by atoms with van der Waals surface area (Å²) in [5.41, 5.74) is 0. The van der Waals surface area contributed by atoms with Crippen LogP contribution in [-0.2, 0) is 6.54 Å². The van der Waals surface area contributed by atoms with Gasteiger partial charge in [-0.05, 0) is 63.5 Å². The summed E-state index contributed by atoms with van der Waals surface area (Å²) in [5, 5.41) is 7.38. The van der Waals surface area contributed by atoms with Crippen molar-refractivity contribution in [1.29, 1.82) is 0 Å². The van der Waals surface area contributed by atoms with E-state index in [0.717, 1.165) is 17.2 Å². The summed E-state index contributed by atoms with van der Waals surface area (Å²) >= 11 is 5.37. The van der Waals surface area contributed by atoms with Gasteiger partial charge in [-0.2, -0.15) is 5.10 Å². The molecule has 18 heavy (non-hydrogen) atoms. The zero-order valence-electron chi connectivity index (χ0n) is 11.1. The minimum Gasteiger partial charge on any atom is -0.304 e. The Balaban J connectivity index is 1.66. The molecule has 0 radical (unpaired) electrons. The fourth-order valence-electron chi connectivity index (χ4n) is 2.90. The van der Waals surface area contributed by atoms with Crippen molar-refractivity contribution in [3.63, 3.8) is 0 Å². The van der Waals surface area contributed by atoms with Gasteiger partial charge in [0.1, 0.15) is 5.82 Å². The van der Waals surface area contributed by atoms with Crippen LogP contribution < -0.4 is 0 Å². The van der Waals surface area contributed by atoms with Gasteiger partial charge < -0.3 is 9.47 Å². The molecular weight excluding hydrogens is 244 g/mol. The molecule has 1 aromatic heterocycles. The molecule has 0 amide bonds. The van der Waals surface area contributed by atoms with Gasteiger partial charge in [0.25, 0.3) is 0 Å². The van der Waals surface area contributed by atoms with Crippen molar-refractivity contribution in [3.8, 4) is 0 Å². The summed E-state index contributed by atoms with van der Waals surface area (Å²) in [6.45, 7) is 6.98. The van der Waals surface area contributed by atoms with Gasteiger partial charge >= 0.3 is 0 Å². The van der Waals surface area contributed by atoms with Crippen LogP contribution in [0, 0.1) is 10.7 Å². The molecule has 0 atom stereocenters. The van der Waals surface area contributed by atoms with E-state index in [-0.39, 0.29) is 0 Å². The highest BCUT2D eigenvalue weighted by Gasteiger charge is 2.30. The highest BCUT2D eigenvalue weighted by atomic mass is 32.1. The second-order valence-corrected chi connectivity index (χ2v) is 6.04. The molecule has 1 aliphatic carbocycles. The van der Waals surface area contributed by atoms with Crippen molar-refractivity contribution in [1.82, 2.24) is 19.7 Å². The Labute approximate surface area is 113 Å². The first-order chi connectivity index (χ1) is 8.78. The van der Waals surface area contributed by atoms with Gasteiger partial charge in [-0.1, -0.05) is 6.92 Å². The molecule has 2 fully saturated rings. The monoisotopic (exact) mass is 266 g/mol. The summed E-state index contributed by atoms with van der Waals surface area (Å²) in [6.07, 6.45) is 5.16. The number of piperidine rings is 1. The SMILES string of the molecule is CCN1CCC(Cn2c(C3CC3)n[nH]c2=S)CC1. The van der Waals surface area contributed by atoms with Crippen LogP contribution >= 0.6 is 12.2 Å². The maximum atomic E-state index is 5.37. The number of hydrogen-bond acceptors (Lipinski definition) is 3. The molecule has 4 nitrogen and oxygen atoms in total. The van der Waals surface area contributed by atoms with Gasteiger partial charge in [-0.15, -0.1) is 0 Å². The lowest BCUT2D eigenvalue weighted by molar-refractivity contribution is 0.180. The average molecular weight is 266 g/mol. The summed E-state index contributed by atoms with van der Waals surface area (Å²) in [4.78, 5) is 2.53. The first-order valence-electron chi connectivity index (χ1n) is 7.15. The first kappa shape index (κ1) is 12.4. The largest absolute Gasteiger partial charge is 0.304 e. The van der Waals surface area contributed by atoms with Crippen LogP contribution in [0.1, 0.15) is 44.3 Å². The molecule has 0 bridgehead atoms. The molecule has 3 rings (SSSR count). The number of hydrogen-bond donors (Lipinski definition) is 1. The molecule has 100 valence electrons. The number of H-pyrrole nitrogens is 1. The topological polar surface area (TPSA) is 36.9 Å². The normalized spacial score (nSPS) is 22.5. The van der Waals surface area contributed by atoms with Gasteiger partial charge in [0, 0.05) is 12.5 Å². The van der Waals surface area contributed by atoms with E-state index in [9.17, 15) is 0 Å². The fraction of sp³-hybridized carbons (Fsp3) is 0.846. The third-order valence-electron chi connectivity index (χ3n) is 4.33. The summed E-state index contributed by atoms with van der Waals surface area (Å²) in [6, 6.07) is 0. The van der Waals surface area contributed by atoms with E-state index in [4.69, 9.17) is 12.2 Å². The smallest absolute Gasteiger partial charge is 0.195 e. The number of aromatic nitrogens is 3. The Morgan fingerprint density at radius 1 is 1.28 bits per heavy atom. The minimum absolute atomic E-state index is 0.675. The van der Waals surface area contributed by atoms with Crippen LogP contribution in [0.4, 0.5) is 0 Å². The van der Waals surface area contributed by atoms with Crippen molar-refractivity contribution >= 4 is 12.2 Å². The number of nitrogens with zero attached hydrogens (tertiary/aromatic N) is 3. The standard InChI is InChI=1S/C13H22N4S/c1-2-16-7-5-10(6-8-16)9-17-12(11-3-4-11)14-15-13(17)18/h10-11H,2-9H2,1H3,(H,15,18). The summed E-state index contributed by atoms with van der Waals surface area (Å²) in [7, 11) is 0. The number of aromatic amines is 1. The average Bonchev–Trinajstić information content (AvgIpc) is 3.17. The maximum absolute atomic E-state index is 5.37. The molecule has 5 heteroatoms. The predicted molar refractivity (Wildman–Crippen MR) is 74.2 cm³/mol. The van der Waals surface area contributed by atoms with Crippen molar-refractivity contribution in [2.45, 2.75) is 45.1 Å². The molecule has 1 aromatic rings. The Morgan fingerprint density at radius 3 is 2.61 bits per heavy atom. The van der Waals surface area contributed by atoms with Crippen molar-refractivity contribution in [2.75, 3.05) is 19.6 Å². The summed E-state index contributed by atoms with van der Waals surface area (Å²) in [5.74, 6) is 2.65. The maximum Gasteiger partial charge on any atom is 0.195 e. The molecule has 1 saturated heterocycles. The van der Waals surface area contributed by atoms with Crippen LogP contribution in [0.15, 0.2) is 0 Å². The molecular formula is C13H22N4S. The molecule has 0 spiro atoms. The third-order valence-corrected chi connectivity index (χ3v) is 4.64. The molecule has 2 aliphatic rings. The van der Waals surface area contributed by atoms with Gasteiger partial charge in [0.05, 0.1) is 0 Å². The van der Waals surface area contributed by atoms with Crippen molar-refractivity contribution in [3.05, 3.63) is 10.6 Å². The Kier molecular flexibility index (Phi) is 3.52. The van der Waals surface area contributed by atoms with Crippen LogP contribution in [-0.4, -0.2) is 39.3 Å². The second-order valence-electron chi connectivity index (χ2n) is 5.65. The molecule has 1 aliphatic heterocycles. The van der Waals surface area contributed by atoms with Crippen molar-refractivity contribution in [2.24, 2.45) is 5.92 Å². The van der Waals surface area contributed by atoms with E-state index in [1.54, 1.807) is 0 Å². The Morgan fingerprint density at radius 2 is 2.00 bits per heavy atom. The lowest BCUT2D eigenvalue weighted by atomic mass is 9.96. The number of likely N-dealkylation sites (tertiary alicyclic amines) is 1. The van der Waals surface area contributed by atoms with E-state index in [1.807, 2.05) is 0 Å². The molecule has 1 saturated carbocycles. The number of rotatable bonds is 4. The van der Waals surface area contributed by atoms with E-state index >= 15 is 0 Å². The van der Waals surface area contributed by atoms with E-state index in [2.05, 4.69) is 26.6 Å². The van der Waals surface area contributed by atoms with E-state index in [1.165, 1.54) is 51.1 Å². The second kappa shape index (κ2) is 5.13. The third kappa shape index (κ3) is 2.52. The molecule has 0 aromatic carbocycles. The van der Waals surface area contributed by atoms with Gasteiger partial charge in [0.15, 0.2) is 4.77 Å². The van der Waals surface area contributed by atoms with Gasteiger partial charge in [-0.3, -0.25) is 5.10 Å². The Bertz CT molecular complexity index is 452. The van der Waals surface area contributed by atoms with Crippen LogP contribution in [0.25, 0.3) is 0 Å². The minimum atomic E-state index is 0.675. The highest BCUT2D eigenvalue weighted by Crippen LogP contribution is 2.39. The molecule has 1 N–H and O–H groups in total. The first-order valence-corrected chi connectivity index (χ1v) is 7.56. The number of nitrogens with one attached hydrogen (secondary N) is 1. The van der Waals surface area contributed by atoms with Crippen LogP contribution in [0.3, 0.4) is 0 Å². The van der Waals surface area contributed by atoms with Crippen LogP contribution in [0.2, 0.25) is 0 Å². The highest BCUT2D eigenvalue weighted by molar-refractivity contribution is 7.71. The zero-order valence-corrected chi connectivity index (χ0v) is 11.9. The molecule has 0 unspecified atom stereocenters. The van der Waals surface area contributed by atoms with E-state index in [0.29, 0.717) is 5.92 Å². The molecule has 2 heterocycles. The Hall–Kier alpha value is -0.680. The lowest BCUT2D eigenvalue weighted by Gasteiger charge is -2.31. The van der Waals surface area contributed by atoms with Crippen molar-refractivity contribution < 1.29 is 0 Å². The lowest BCUT2D eigenvalue weighted by Crippen LogP contribution is -2.34. The van der Waals surface area contributed by atoms with Gasteiger partial charge in [0.2, 0.25) is 0 Å². The fourth-order valence-corrected chi connectivity index (χ4v) is 3.12. The predicted octanol–water partition coefficient (Wildman–Crippen LogP) is 2.55. The van der Waals surface area contributed by atoms with Crippen LogP contribution in [0.5, 0.6) is 0 Å². The zero-order chi connectivity index (χ0) is 12.5.